The molecular formula is C18H24N4O2. The standard InChI is InChI=1S/C18H24N4O2/c1-21-7-3-6-16(21)18-19-17(20-24-18)15-5-2-4-14(12-15)13-22-8-10-23-11-9-22/h2,4-5,12,16H,3,6-11,13H2,1H3/t16-/m0/s1. The lowest BCUT2D eigenvalue weighted by molar-refractivity contribution is 0.0342. The average Bonchev–Trinajstić information content (AvgIpc) is 3.25. The molecule has 2 aromatic rings. The Labute approximate surface area is 142 Å². The molecule has 2 fully saturated rings. The van der Waals surface area contributed by atoms with Crippen LogP contribution in [0.15, 0.2) is 28.8 Å². The number of hydrogen-bond donors (Lipinski definition) is 0. The Morgan fingerprint density at radius 2 is 2.08 bits per heavy atom. The lowest BCUT2D eigenvalue weighted by atomic mass is 10.1. The van der Waals surface area contributed by atoms with Crippen molar-refractivity contribution < 1.29 is 9.26 Å². The van der Waals surface area contributed by atoms with Crippen LogP contribution in [0.1, 0.15) is 30.3 Å². The first kappa shape index (κ1) is 15.7. The highest BCUT2D eigenvalue weighted by atomic mass is 16.5. The van der Waals surface area contributed by atoms with Gasteiger partial charge in [0, 0.05) is 25.2 Å². The third kappa shape index (κ3) is 3.36. The molecule has 3 heterocycles. The van der Waals surface area contributed by atoms with Gasteiger partial charge in [0.05, 0.1) is 19.3 Å². The van der Waals surface area contributed by atoms with E-state index in [0.29, 0.717) is 5.82 Å². The predicted molar refractivity (Wildman–Crippen MR) is 90.4 cm³/mol. The van der Waals surface area contributed by atoms with Gasteiger partial charge >= 0.3 is 0 Å². The zero-order chi connectivity index (χ0) is 16.4. The number of ether oxygens (including phenoxy) is 1. The van der Waals surface area contributed by atoms with Gasteiger partial charge in [0.15, 0.2) is 0 Å². The van der Waals surface area contributed by atoms with Gasteiger partial charge in [-0.1, -0.05) is 23.4 Å². The quantitative estimate of drug-likeness (QED) is 0.859. The summed E-state index contributed by atoms with van der Waals surface area (Å²) in [7, 11) is 2.12. The van der Waals surface area contributed by atoms with E-state index < -0.39 is 0 Å². The molecule has 0 unspecified atom stereocenters. The van der Waals surface area contributed by atoms with Crippen molar-refractivity contribution in [3.8, 4) is 11.4 Å². The van der Waals surface area contributed by atoms with Crippen molar-refractivity contribution in [3.05, 3.63) is 35.7 Å². The van der Waals surface area contributed by atoms with E-state index in [4.69, 9.17) is 9.26 Å². The van der Waals surface area contributed by atoms with Gasteiger partial charge < -0.3 is 9.26 Å². The van der Waals surface area contributed by atoms with Crippen LogP contribution in [0.25, 0.3) is 11.4 Å². The van der Waals surface area contributed by atoms with E-state index in [2.05, 4.69) is 51.3 Å². The summed E-state index contributed by atoms with van der Waals surface area (Å²) in [4.78, 5) is 9.35. The summed E-state index contributed by atoms with van der Waals surface area (Å²) < 4.78 is 10.9. The number of nitrogens with zero attached hydrogens (tertiary/aromatic N) is 4. The molecule has 128 valence electrons. The molecule has 4 rings (SSSR count). The maximum Gasteiger partial charge on any atom is 0.244 e. The number of aromatic nitrogens is 2. The monoisotopic (exact) mass is 328 g/mol. The Morgan fingerprint density at radius 3 is 2.88 bits per heavy atom. The molecule has 24 heavy (non-hydrogen) atoms. The predicted octanol–water partition coefficient (Wildman–Crippen LogP) is 2.34. The lowest BCUT2D eigenvalue weighted by Crippen LogP contribution is -2.35. The molecule has 0 spiro atoms. The van der Waals surface area contributed by atoms with Crippen molar-refractivity contribution in [1.29, 1.82) is 0 Å². The lowest BCUT2D eigenvalue weighted by Gasteiger charge is -2.26. The maximum absolute atomic E-state index is 5.53. The van der Waals surface area contributed by atoms with Crippen LogP contribution in [0, 0.1) is 0 Å². The molecule has 2 aliphatic heterocycles. The van der Waals surface area contributed by atoms with Crippen molar-refractivity contribution in [2.24, 2.45) is 0 Å². The highest BCUT2D eigenvalue weighted by Crippen LogP contribution is 2.30. The van der Waals surface area contributed by atoms with Gasteiger partial charge in [-0.15, -0.1) is 0 Å². The van der Waals surface area contributed by atoms with Crippen molar-refractivity contribution in [3.63, 3.8) is 0 Å². The van der Waals surface area contributed by atoms with Crippen LogP contribution in [0.2, 0.25) is 0 Å². The number of morpholine rings is 1. The second kappa shape index (κ2) is 7.01. The third-order valence-corrected chi connectivity index (χ3v) is 4.94. The number of rotatable bonds is 4. The van der Waals surface area contributed by atoms with Crippen LogP contribution in [0.4, 0.5) is 0 Å². The van der Waals surface area contributed by atoms with Crippen LogP contribution in [0.3, 0.4) is 0 Å². The molecular weight excluding hydrogens is 304 g/mol. The Morgan fingerprint density at radius 1 is 1.21 bits per heavy atom. The second-order valence-electron chi connectivity index (χ2n) is 6.68. The van der Waals surface area contributed by atoms with Gasteiger partial charge in [0.25, 0.3) is 0 Å². The molecule has 1 aromatic carbocycles. The fraction of sp³-hybridized carbons (Fsp3) is 0.556. The minimum absolute atomic E-state index is 0.266. The Hall–Kier alpha value is -1.76. The number of likely N-dealkylation sites (tertiary alicyclic amines) is 1. The summed E-state index contributed by atoms with van der Waals surface area (Å²) in [6, 6.07) is 8.72. The molecule has 6 nitrogen and oxygen atoms in total. The van der Waals surface area contributed by atoms with Gasteiger partial charge in [-0.25, -0.2) is 0 Å². The molecule has 0 N–H and O–H groups in total. The van der Waals surface area contributed by atoms with E-state index in [-0.39, 0.29) is 6.04 Å². The zero-order valence-corrected chi connectivity index (χ0v) is 14.1. The first-order chi connectivity index (χ1) is 11.8. The van der Waals surface area contributed by atoms with Gasteiger partial charge in [-0.3, -0.25) is 9.80 Å². The zero-order valence-electron chi connectivity index (χ0n) is 14.1. The molecule has 1 aromatic heterocycles. The van der Waals surface area contributed by atoms with Crippen LogP contribution in [0.5, 0.6) is 0 Å². The summed E-state index contributed by atoms with van der Waals surface area (Å²) in [6.45, 7) is 5.66. The first-order valence-corrected chi connectivity index (χ1v) is 8.73. The van der Waals surface area contributed by atoms with Crippen LogP contribution in [-0.2, 0) is 11.3 Å². The smallest absolute Gasteiger partial charge is 0.244 e. The average molecular weight is 328 g/mol. The van der Waals surface area contributed by atoms with E-state index >= 15 is 0 Å². The Kier molecular flexibility index (Phi) is 4.60. The van der Waals surface area contributed by atoms with Gasteiger partial charge in [0.2, 0.25) is 11.7 Å². The summed E-state index contributed by atoms with van der Waals surface area (Å²) >= 11 is 0. The molecule has 0 amide bonds. The SMILES string of the molecule is CN1CCC[C@H]1c1nc(-c2cccc(CN3CCOCC3)c2)no1. The van der Waals surface area contributed by atoms with Crippen LogP contribution < -0.4 is 0 Å². The summed E-state index contributed by atoms with van der Waals surface area (Å²) in [5.74, 6) is 1.43. The summed E-state index contributed by atoms with van der Waals surface area (Å²) in [5, 5.41) is 4.21. The van der Waals surface area contributed by atoms with E-state index in [1.54, 1.807) is 0 Å². The normalized spacial score (nSPS) is 23.0. The fourth-order valence-corrected chi connectivity index (χ4v) is 3.54. The topological polar surface area (TPSA) is 54.6 Å². The largest absolute Gasteiger partial charge is 0.379 e. The van der Waals surface area contributed by atoms with Crippen molar-refractivity contribution in [1.82, 2.24) is 19.9 Å². The molecule has 0 bridgehead atoms. The third-order valence-electron chi connectivity index (χ3n) is 4.94. The molecule has 1 atom stereocenters. The fourth-order valence-electron chi connectivity index (χ4n) is 3.54. The Balaban J connectivity index is 1.50. The van der Waals surface area contributed by atoms with Crippen LogP contribution in [-0.4, -0.2) is 59.8 Å². The summed E-state index contributed by atoms with van der Waals surface area (Å²) in [6.07, 6.45) is 2.28. The molecule has 0 aliphatic carbocycles. The van der Waals surface area contributed by atoms with Gasteiger partial charge in [-0.2, -0.15) is 4.98 Å². The summed E-state index contributed by atoms with van der Waals surface area (Å²) in [5.41, 5.74) is 2.30. The molecule has 2 saturated heterocycles. The number of benzene rings is 1. The highest BCUT2D eigenvalue weighted by molar-refractivity contribution is 5.55. The highest BCUT2D eigenvalue weighted by Gasteiger charge is 2.28. The van der Waals surface area contributed by atoms with Crippen molar-refractivity contribution in [2.45, 2.75) is 25.4 Å². The van der Waals surface area contributed by atoms with E-state index in [9.17, 15) is 0 Å². The minimum atomic E-state index is 0.266. The first-order valence-electron chi connectivity index (χ1n) is 8.73. The van der Waals surface area contributed by atoms with Crippen LogP contribution >= 0.6 is 0 Å². The van der Waals surface area contributed by atoms with Gasteiger partial charge in [0.1, 0.15) is 0 Å². The minimum Gasteiger partial charge on any atom is -0.379 e. The van der Waals surface area contributed by atoms with E-state index in [1.807, 2.05) is 0 Å². The van der Waals surface area contributed by atoms with Crippen molar-refractivity contribution >= 4 is 0 Å². The molecule has 6 heteroatoms. The van der Waals surface area contributed by atoms with Crippen molar-refractivity contribution in [2.75, 3.05) is 39.9 Å². The molecule has 2 aliphatic rings. The molecule has 0 radical (unpaired) electrons. The Bertz CT molecular complexity index is 681. The van der Waals surface area contributed by atoms with E-state index in [0.717, 1.165) is 57.3 Å². The second-order valence-corrected chi connectivity index (χ2v) is 6.68. The number of hydrogen-bond acceptors (Lipinski definition) is 6. The van der Waals surface area contributed by atoms with Gasteiger partial charge in [-0.05, 0) is 38.1 Å². The maximum atomic E-state index is 5.53. The molecule has 0 saturated carbocycles. The van der Waals surface area contributed by atoms with E-state index in [1.165, 1.54) is 12.0 Å².